The van der Waals surface area contributed by atoms with E-state index in [9.17, 15) is 9.59 Å². The fourth-order valence-electron chi connectivity index (χ4n) is 2.85. The number of carboxylic acid groups (broad SMARTS) is 1. The molecule has 0 aromatic heterocycles. The number of carbonyl (C=O) groups is 2. The number of rotatable bonds is 8. The topological polar surface area (TPSA) is 78.4 Å². The number of carbonyl (C=O) groups excluding carboxylic acids is 1. The maximum absolute atomic E-state index is 11.9. The van der Waals surface area contributed by atoms with Gasteiger partial charge in [0, 0.05) is 18.5 Å². The maximum Gasteiger partial charge on any atom is 0.315 e. The van der Waals surface area contributed by atoms with Gasteiger partial charge in [-0.05, 0) is 43.9 Å². The molecule has 0 bridgehead atoms. The Morgan fingerprint density at radius 2 is 1.95 bits per heavy atom. The zero-order chi connectivity index (χ0) is 15.2. The molecule has 1 aliphatic carbocycles. The third kappa shape index (κ3) is 5.39. The van der Waals surface area contributed by atoms with Crippen molar-refractivity contribution in [2.45, 2.75) is 64.8 Å². The number of amides is 2. The zero-order valence-corrected chi connectivity index (χ0v) is 12.9. The fourth-order valence-corrected chi connectivity index (χ4v) is 2.85. The van der Waals surface area contributed by atoms with E-state index in [0.29, 0.717) is 12.5 Å². The van der Waals surface area contributed by atoms with Crippen LogP contribution in [0.5, 0.6) is 0 Å². The van der Waals surface area contributed by atoms with Crippen LogP contribution in [-0.4, -0.2) is 29.2 Å². The lowest BCUT2D eigenvalue weighted by atomic mass is 9.75. The molecule has 1 saturated carbocycles. The molecule has 1 rings (SSSR count). The van der Waals surface area contributed by atoms with E-state index >= 15 is 0 Å². The molecule has 1 unspecified atom stereocenters. The predicted octanol–water partition coefficient (Wildman–Crippen LogP) is 2.76. The van der Waals surface area contributed by atoms with E-state index < -0.39 is 5.97 Å². The van der Waals surface area contributed by atoms with E-state index in [2.05, 4.69) is 31.4 Å². The average Bonchev–Trinajstić information content (AvgIpc) is 2.29. The molecule has 0 spiro atoms. The summed E-state index contributed by atoms with van der Waals surface area (Å²) in [6.07, 6.45) is 5.12. The van der Waals surface area contributed by atoms with Gasteiger partial charge in [-0.1, -0.05) is 20.8 Å². The molecule has 0 radical (unpaired) electrons. The monoisotopic (exact) mass is 284 g/mol. The van der Waals surface area contributed by atoms with Gasteiger partial charge in [0.25, 0.3) is 0 Å². The first-order chi connectivity index (χ1) is 9.37. The van der Waals surface area contributed by atoms with Crippen LogP contribution >= 0.6 is 0 Å². The van der Waals surface area contributed by atoms with Crippen LogP contribution in [-0.2, 0) is 4.79 Å². The van der Waals surface area contributed by atoms with Gasteiger partial charge in [0.05, 0.1) is 0 Å². The molecule has 0 aromatic carbocycles. The van der Waals surface area contributed by atoms with E-state index in [1.165, 1.54) is 6.42 Å². The molecule has 1 fully saturated rings. The maximum atomic E-state index is 11.9. The number of aliphatic carboxylic acids is 1. The van der Waals surface area contributed by atoms with Gasteiger partial charge in [-0.15, -0.1) is 0 Å². The van der Waals surface area contributed by atoms with Gasteiger partial charge in [0.1, 0.15) is 0 Å². The van der Waals surface area contributed by atoms with E-state index in [0.717, 1.165) is 25.7 Å². The Morgan fingerprint density at radius 1 is 1.30 bits per heavy atom. The molecule has 116 valence electrons. The predicted molar refractivity (Wildman–Crippen MR) is 78.6 cm³/mol. The van der Waals surface area contributed by atoms with Gasteiger partial charge >= 0.3 is 12.0 Å². The van der Waals surface area contributed by atoms with Crippen LogP contribution in [0.15, 0.2) is 0 Å². The minimum absolute atomic E-state index is 0.00258. The second-order valence-corrected chi connectivity index (χ2v) is 6.42. The van der Waals surface area contributed by atoms with Crippen molar-refractivity contribution in [2.24, 2.45) is 11.8 Å². The number of carboxylic acids is 1. The van der Waals surface area contributed by atoms with Crippen molar-refractivity contribution >= 4 is 12.0 Å². The van der Waals surface area contributed by atoms with Gasteiger partial charge in [-0.2, -0.15) is 0 Å². The number of hydrogen-bond donors (Lipinski definition) is 3. The fraction of sp³-hybridized carbons (Fsp3) is 0.867. The summed E-state index contributed by atoms with van der Waals surface area (Å²) in [6, 6.07) is -0.161. The van der Waals surface area contributed by atoms with Crippen LogP contribution in [0.25, 0.3) is 0 Å². The van der Waals surface area contributed by atoms with E-state index in [1.807, 2.05) is 0 Å². The van der Waals surface area contributed by atoms with Crippen molar-refractivity contribution in [3.05, 3.63) is 0 Å². The molecule has 0 heterocycles. The van der Waals surface area contributed by atoms with Gasteiger partial charge in [0.15, 0.2) is 0 Å². The largest absolute Gasteiger partial charge is 0.481 e. The van der Waals surface area contributed by atoms with Crippen molar-refractivity contribution < 1.29 is 14.7 Å². The molecule has 1 aliphatic rings. The van der Waals surface area contributed by atoms with E-state index in [4.69, 9.17) is 5.11 Å². The lowest BCUT2D eigenvalue weighted by molar-refractivity contribution is -0.138. The van der Waals surface area contributed by atoms with E-state index in [1.54, 1.807) is 0 Å². The summed E-state index contributed by atoms with van der Waals surface area (Å²) in [7, 11) is 0. The normalized spacial score (nSPS) is 18.2. The lowest BCUT2D eigenvalue weighted by Crippen LogP contribution is -2.56. The highest BCUT2D eigenvalue weighted by Gasteiger charge is 2.36. The Morgan fingerprint density at radius 3 is 2.35 bits per heavy atom. The summed E-state index contributed by atoms with van der Waals surface area (Å²) < 4.78 is 0. The first-order valence-electron chi connectivity index (χ1n) is 7.64. The first kappa shape index (κ1) is 16.8. The zero-order valence-electron chi connectivity index (χ0n) is 12.9. The van der Waals surface area contributed by atoms with Crippen molar-refractivity contribution in [3.63, 3.8) is 0 Å². The molecule has 0 saturated heterocycles. The summed E-state index contributed by atoms with van der Waals surface area (Å²) in [4.78, 5) is 22.8. The standard InChI is InChI=1S/C15H28N2O3/c1-4-15(6-5-7-15)17-14(20)16-10-12(8-11(2)3)9-13(18)19/h11-12H,4-10H2,1-3H3,(H,18,19)(H2,16,17,20). The minimum Gasteiger partial charge on any atom is -0.481 e. The molecule has 5 heteroatoms. The summed E-state index contributed by atoms with van der Waals surface area (Å²) in [5.74, 6) is -0.378. The quantitative estimate of drug-likeness (QED) is 0.641. The summed E-state index contributed by atoms with van der Waals surface area (Å²) in [6.45, 7) is 6.65. The van der Waals surface area contributed by atoms with Crippen LogP contribution < -0.4 is 10.6 Å². The SMILES string of the molecule is CCC1(NC(=O)NCC(CC(=O)O)CC(C)C)CCC1. The Kier molecular flexibility index (Phi) is 6.30. The number of hydrogen-bond acceptors (Lipinski definition) is 2. The Balaban J connectivity index is 2.37. The van der Waals surface area contributed by atoms with Gasteiger partial charge < -0.3 is 15.7 Å². The molecule has 2 amide bonds. The molecular weight excluding hydrogens is 256 g/mol. The second kappa shape index (κ2) is 7.50. The smallest absolute Gasteiger partial charge is 0.315 e. The minimum atomic E-state index is -0.804. The average molecular weight is 284 g/mol. The van der Waals surface area contributed by atoms with Crippen LogP contribution in [0.4, 0.5) is 4.79 Å². The molecule has 0 aliphatic heterocycles. The van der Waals surface area contributed by atoms with Crippen molar-refractivity contribution in [1.29, 1.82) is 0 Å². The highest BCUT2D eigenvalue weighted by molar-refractivity contribution is 5.75. The Bertz CT molecular complexity index is 333. The number of urea groups is 1. The summed E-state index contributed by atoms with van der Waals surface area (Å²) in [5, 5.41) is 14.8. The second-order valence-electron chi connectivity index (χ2n) is 6.42. The first-order valence-corrected chi connectivity index (χ1v) is 7.64. The Hall–Kier alpha value is -1.26. The lowest BCUT2D eigenvalue weighted by Gasteiger charge is -2.42. The molecule has 1 atom stereocenters. The van der Waals surface area contributed by atoms with Crippen LogP contribution in [0.2, 0.25) is 0 Å². The van der Waals surface area contributed by atoms with Crippen molar-refractivity contribution in [3.8, 4) is 0 Å². The summed E-state index contributed by atoms with van der Waals surface area (Å²) >= 11 is 0. The molecule has 0 aromatic rings. The van der Waals surface area contributed by atoms with Crippen LogP contribution in [0.3, 0.4) is 0 Å². The highest BCUT2D eigenvalue weighted by Crippen LogP contribution is 2.34. The highest BCUT2D eigenvalue weighted by atomic mass is 16.4. The van der Waals surface area contributed by atoms with Crippen LogP contribution in [0.1, 0.15) is 59.3 Å². The van der Waals surface area contributed by atoms with Gasteiger partial charge in [-0.3, -0.25) is 4.79 Å². The van der Waals surface area contributed by atoms with Gasteiger partial charge in [-0.25, -0.2) is 4.79 Å². The van der Waals surface area contributed by atoms with E-state index in [-0.39, 0.29) is 23.9 Å². The third-order valence-electron chi connectivity index (χ3n) is 4.19. The van der Waals surface area contributed by atoms with Crippen molar-refractivity contribution in [2.75, 3.05) is 6.54 Å². The number of nitrogens with one attached hydrogen (secondary N) is 2. The molecule has 3 N–H and O–H groups in total. The third-order valence-corrected chi connectivity index (χ3v) is 4.19. The van der Waals surface area contributed by atoms with Crippen LogP contribution in [0, 0.1) is 11.8 Å². The molecule has 5 nitrogen and oxygen atoms in total. The Labute approximate surface area is 121 Å². The van der Waals surface area contributed by atoms with Gasteiger partial charge in [0.2, 0.25) is 0 Å². The molecule has 20 heavy (non-hydrogen) atoms. The van der Waals surface area contributed by atoms with Crippen molar-refractivity contribution in [1.82, 2.24) is 10.6 Å². The molecular formula is C15H28N2O3. The summed E-state index contributed by atoms with van der Waals surface area (Å²) in [5.41, 5.74) is -0.0234.